The van der Waals surface area contributed by atoms with Crippen LogP contribution in [0.25, 0.3) is 11.1 Å². The summed E-state index contributed by atoms with van der Waals surface area (Å²) in [6, 6.07) is 14.1. The number of alkyl carbamates (subject to hydrolysis) is 2. The van der Waals surface area contributed by atoms with Gasteiger partial charge in [0.15, 0.2) is 0 Å². The van der Waals surface area contributed by atoms with Gasteiger partial charge in [-0.2, -0.15) is 0 Å². The Morgan fingerprint density at radius 1 is 0.750 bits per heavy atom. The number of rotatable bonds is 9. The Labute approximate surface area is 281 Å². The number of benzene rings is 2. The van der Waals surface area contributed by atoms with E-state index in [2.05, 4.69) is 39.5 Å². The zero-order valence-corrected chi connectivity index (χ0v) is 29.0. The maximum absolute atomic E-state index is 13.7. The molecule has 2 aliphatic carbocycles. The van der Waals surface area contributed by atoms with E-state index in [4.69, 9.17) is 9.47 Å². The van der Waals surface area contributed by atoms with Gasteiger partial charge in [0.25, 0.3) is 0 Å². The van der Waals surface area contributed by atoms with Gasteiger partial charge in [-0.1, -0.05) is 56.3 Å². The molecule has 1 fully saturated rings. The van der Waals surface area contributed by atoms with Crippen LogP contribution in [0.5, 0.6) is 0 Å². The second kappa shape index (κ2) is 13.5. The van der Waals surface area contributed by atoms with Crippen molar-refractivity contribution in [3.05, 3.63) is 59.2 Å². The molecule has 5 N–H and O–H groups in total. The van der Waals surface area contributed by atoms with Crippen LogP contribution in [0.15, 0.2) is 42.5 Å². The van der Waals surface area contributed by atoms with E-state index in [1.54, 1.807) is 48.5 Å². The lowest BCUT2D eigenvalue weighted by atomic mass is 9.54. The first kappa shape index (κ1) is 36.2. The quantitative estimate of drug-likeness (QED) is 0.194. The Morgan fingerprint density at radius 2 is 1.27 bits per heavy atom. The fraction of sp³-hybridized carbons (Fsp3) is 0.528. The Morgan fingerprint density at radius 3 is 1.83 bits per heavy atom. The molecule has 0 heterocycles. The largest absolute Gasteiger partial charge is 0.481 e. The number of carboxylic acids is 1. The fourth-order valence-electron chi connectivity index (χ4n) is 7.26. The highest BCUT2D eigenvalue weighted by atomic mass is 16.6. The molecule has 12 nitrogen and oxygen atoms in total. The number of carbonyl (C=O) groups is 5. The smallest absolute Gasteiger partial charge is 0.409 e. The van der Waals surface area contributed by atoms with Crippen LogP contribution in [-0.4, -0.2) is 53.0 Å². The molecule has 4 rings (SSSR count). The van der Waals surface area contributed by atoms with E-state index in [0.717, 1.165) is 23.1 Å². The molecule has 4 amide bonds. The van der Waals surface area contributed by atoms with Crippen LogP contribution in [0.2, 0.25) is 0 Å². The number of hydrogen-bond acceptors (Lipinski definition) is 7. The van der Waals surface area contributed by atoms with Crippen LogP contribution in [-0.2, 0) is 36.9 Å². The van der Waals surface area contributed by atoms with Crippen LogP contribution in [0.4, 0.5) is 9.59 Å². The monoisotopic (exact) mass is 664 g/mol. The van der Waals surface area contributed by atoms with E-state index in [-0.39, 0.29) is 25.9 Å². The van der Waals surface area contributed by atoms with Gasteiger partial charge in [0, 0.05) is 10.8 Å². The molecule has 0 radical (unpaired) electrons. The Bertz CT molecular complexity index is 1600. The second-order valence-corrected chi connectivity index (χ2v) is 15.1. The lowest BCUT2D eigenvalue weighted by Gasteiger charge is -2.49. The topological polar surface area (TPSA) is 172 Å². The minimum atomic E-state index is -1.41. The average Bonchev–Trinajstić information content (AvgIpc) is 3.33. The van der Waals surface area contributed by atoms with Crippen LogP contribution in [0, 0.1) is 16.2 Å². The molecule has 12 heteroatoms. The summed E-state index contributed by atoms with van der Waals surface area (Å²) >= 11 is 0. The van der Waals surface area contributed by atoms with Crippen molar-refractivity contribution in [3.8, 4) is 11.1 Å². The van der Waals surface area contributed by atoms with Crippen molar-refractivity contribution in [1.29, 1.82) is 0 Å². The SMILES string of the molecule is CC(NC(=O)OCc1cccc2c1Cc1ccccc1-2)NC(=O)C1(C)CC(C)(C(=O)O)CC(C)(C(=O)NC(C)NC(=O)OC(C)(C)C)C1. The summed E-state index contributed by atoms with van der Waals surface area (Å²) in [4.78, 5) is 64.8. The molecule has 1 saturated carbocycles. The van der Waals surface area contributed by atoms with Gasteiger partial charge in [-0.15, -0.1) is 0 Å². The number of carbonyl (C=O) groups excluding carboxylic acids is 4. The summed E-state index contributed by atoms with van der Waals surface area (Å²) in [5.41, 5.74) is 0.792. The molecular weight excluding hydrogens is 616 g/mol. The van der Waals surface area contributed by atoms with Crippen LogP contribution >= 0.6 is 0 Å². The van der Waals surface area contributed by atoms with Gasteiger partial charge < -0.3 is 35.8 Å². The van der Waals surface area contributed by atoms with Crippen molar-refractivity contribution < 1.29 is 38.6 Å². The van der Waals surface area contributed by atoms with Crippen molar-refractivity contribution in [1.82, 2.24) is 21.3 Å². The highest BCUT2D eigenvalue weighted by Crippen LogP contribution is 2.55. The summed E-state index contributed by atoms with van der Waals surface area (Å²) in [6.45, 7) is 13.1. The van der Waals surface area contributed by atoms with Crippen LogP contribution in [0.1, 0.15) is 91.3 Å². The van der Waals surface area contributed by atoms with Gasteiger partial charge in [0.2, 0.25) is 11.8 Å². The van der Waals surface area contributed by atoms with Crippen molar-refractivity contribution >= 4 is 30.0 Å². The predicted molar refractivity (Wildman–Crippen MR) is 178 cm³/mol. The van der Waals surface area contributed by atoms with E-state index in [9.17, 15) is 29.1 Å². The second-order valence-electron chi connectivity index (χ2n) is 15.1. The molecule has 0 aliphatic heterocycles. The molecule has 48 heavy (non-hydrogen) atoms. The molecule has 2 aromatic rings. The van der Waals surface area contributed by atoms with Crippen molar-refractivity contribution in [2.24, 2.45) is 16.2 Å². The maximum Gasteiger partial charge on any atom is 0.409 e. The summed E-state index contributed by atoms with van der Waals surface area (Å²) in [5.74, 6) is -2.16. The predicted octanol–water partition coefficient (Wildman–Crippen LogP) is 5.22. The van der Waals surface area contributed by atoms with Crippen molar-refractivity contribution in [2.75, 3.05) is 0 Å². The molecule has 5 atom stereocenters. The average molecular weight is 665 g/mol. The lowest BCUT2D eigenvalue weighted by Crippen LogP contribution is -2.59. The van der Waals surface area contributed by atoms with Gasteiger partial charge in [0.05, 0.1) is 5.41 Å². The normalized spacial score (nSPS) is 24.2. The Balaban J connectivity index is 1.38. The number of amides is 4. The van der Waals surface area contributed by atoms with Gasteiger partial charge in [-0.05, 0) is 95.0 Å². The van der Waals surface area contributed by atoms with Gasteiger partial charge in [-0.25, -0.2) is 9.59 Å². The van der Waals surface area contributed by atoms with E-state index in [1.165, 1.54) is 18.1 Å². The number of carboxylic acid groups (broad SMARTS) is 1. The molecular formula is C36H48N4O8. The van der Waals surface area contributed by atoms with Gasteiger partial charge in [-0.3, -0.25) is 14.4 Å². The molecule has 0 bridgehead atoms. The highest BCUT2D eigenvalue weighted by Gasteiger charge is 2.58. The van der Waals surface area contributed by atoms with Crippen molar-refractivity contribution in [2.45, 2.75) is 106 Å². The fourth-order valence-corrected chi connectivity index (χ4v) is 7.26. The third-order valence-corrected chi connectivity index (χ3v) is 9.02. The highest BCUT2D eigenvalue weighted by molar-refractivity contribution is 5.89. The van der Waals surface area contributed by atoms with Gasteiger partial charge >= 0.3 is 18.2 Å². The summed E-state index contributed by atoms with van der Waals surface area (Å²) < 4.78 is 10.8. The third kappa shape index (κ3) is 8.26. The number of ether oxygens (including phenoxy) is 2. The van der Waals surface area contributed by atoms with Crippen LogP contribution < -0.4 is 21.3 Å². The zero-order valence-electron chi connectivity index (χ0n) is 29.0. The molecule has 260 valence electrons. The standard InChI is InChI=1S/C36H48N4O8/c1-21(39-31(45)47-17-24-13-11-15-26-25-14-10-9-12-23(25)16-27(24)26)37-28(41)34(6)18-35(7,20-36(8,19-34)30(43)44)29(42)38-22(2)40-32(46)48-33(3,4)5/h9-15,21-22H,16-20H2,1-8H3,(H,37,41)(H,38,42)(H,39,45)(H,40,46)(H,43,44). The summed E-state index contributed by atoms with van der Waals surface area (Å²) in [7, 11) is 0. The summed E-state index contributed by atoms with van der Waals surface area (Å²) in [5, 5.41) is 20.9. The summed E-state index contributed by atoms with van der Waals surface area (Å²) in [6.07, 6.45) is -2.42. The van der Waals surface area contributed by atoms with E-state index < -0.39 is 64.1 Å². The molecule has 2 aromatic carbocycles. The minimum Gasteiger partial charge on any atom is -0.481 e. The van der Waals surface area contributed by atoms with Gasteiger partial charge in [0.1, 0.15) is 24.5 Å². The number of aliphatic carboxylic acids is 1. The Kier molecular flexibility index (Phi) is 10.2. The van der Waals surface area contributed by atoms with E-state index in [0.29, 0.717) is 0 Å². The number of fused-ring (bicyclic) bond motifs is 3. The van der Waals surface area contributed by atoms with E-state index in [1.807, 2.05) is 24.3 Å². The first-order valence-electron chi connectivity index (χ1n) is 16.2. The molecule has 0 saturated heterocycles. The molecule has 2 aliphatic rings. The maximum atomic E-state index is 13.7. The third-order valence-electron chi connectivity index (χ3n) is 9.02. The van der Waals surface area contributed by atoms with Crippen molar-refractivity contribution in [3.63, 3.8) is 0 Å². The van der Waals surface area contributed by atoms with Crippen LogP contribution in [0.3, 0.4) is 0 Å². The minimum absolute atomic E-state index is 0.0262. The number of hydrogen-bond donors (Lipinski definition) is 5. The lowest BCUT2D eigenvalue weighted by molar-refractivity contribution is -0.164. The van der Waals surface area contributed by atoms with E-state index >= 15 is 0 Å². The Hall–Kier alpha value is -4.61. The zero-order chi connectivity index (χ0) is 35.7. The first-order chi connectivity index (χ1) is 22.2. The molecule has 0 spiro atoms. The molecule has 5 unspecified atom stereocenters. The molecule has 0 aromatic heterocycles. The first-order valence-corrected chi connectivity index (χ1v) is 16.2. The number of nitrogens with one attached hydrogen (secondary N) is 4.